The second kappa shape index (κ2) is 5.92. The Balaban J connectivity index is 1.86. The van der Waals surface area contributed by atoms with Crippen LogP contribution < -0.4 is 4.90 Å². The van der Waals surface area contributed by atoms with Crippen LogP contribution in [0.15, 0.2) is 18.2 Å². The van der Waals surface area contributed by atoms with Crippen LogP contribution in [0, 0.1) is 13.8 Å². The van der Waals surface area contributed by atoms with Crippen LogP contribution in [0.25, 0.3) is 0 Å². The van der Waals surface area contributed by atoms with Crippen LogP contribution >= 0.6 is 11.6 Å². The Morgan fingerprint density at radius 1 is 1.39 bits per heavy atom. The van der Waals surface area contributed by atoms with Gasteiger partial charge in [0.2, 0.25) is 5.91 Å². The van der Waals surface area contributed by atoms with Gasteiger partial charge in [0.15, 0.2) is 0 Å². The average molecular weight is 340 g/mol. The summed E-state index contributed by atoms with van der Waals surface area (Å²) in [5, 5.41) is 4.47. The fourth-order valence-corrected chi connectivity index (χ4v) is 3.30. The lowest BCUT2D eigenvalue weighted by molar-refractivity contribution is -0.117. The number of aromatic nitrogens is 2. The van der Waals surface area contributed by atoms with Crippen molar-refractivity contribution in [2.75, 3.05) is 11.4 Å². The molecule has 1 aliphatic rings. The Labute approximate surface area is 137 Å². The zero-order valence-corrected chi connectivity index (χ0v) is 13.6. The van der Waals surface area contributed by atoms with Gasteiger partial charge >= 0.3 is 6.55 Å². The molecule has 0 atom stereocenters. The zero-order valence-electron chi connectivity index (χ0n) is 12.8. The Morgan fingerprint density at radius 3 is 2.78 bits per heavy atom. The van der Waals surface area contributed by atoms with Crippen LogP contribution in [0.1, 0.15) is 29.1 Å². The van der Waals surface area contributed by atoms with E-state index in [-0.39, 0.29) is 12.3 Å². The van der Waals surface area contributed by atoms with E-state index in [1.54, 1.807) is 30.9 Å². The Bertz CT molecular complexity index is 773. The molecular weight excluding hydrogens is 324 g/mol. The number of amides is 1. The number of anilines is 1. The normalized spacial score (nSPS) is 13.7. The van der Waals surface area contributed by atoms with Crippen molar-refractivity contribution < 1.29 is 13.6 Å². The Morgan fingerprint density at radius 2 is 2.13 bits per heavy atom. The van der Waals surface area contributed by atoms with Crippen LogP contribution in [-0.2, 0) is 17.6 Å². The fourth-order valence-electron chi connectivity index (χ4n) is 3.04. The van der Waals surface area contributed by atoms with Crippen molar-refractivity contribution in [3.8, 4) is 0 Å². The van der Waals surface area contributed by atoms with E-state index in [0.717, 1.165) is 11.3 Å². The van der Waals surface area contributed by atoms with Gasteiger partial charge in [0, 0.05) is 28.5 Å². The maximum atomic E-state index is 12.9. The van der Waals surface area contributed by atoms with E-state index in [9.17, 15) is 13.6 Å². The molecule has 122 valence electrons. The van der Waals surface area contributed by atoms with Gasteiger partial charge in [0.1, 0.15) is 0 Å². The third kappa shape index (κ3) is 2.72. The molecule has 1 amide bonds. The van der Waals surface area contributed by atoms with E-state index in [4.69, 9.17) is 11.6 Å². The summed E-state index contributed by atoms with van der Waals surface area (Å²) in [6.07, 6.45) is 0.755. The van der Waals surface area contributed by atoms with Gasteiger partial charge in [-0.1, -0.05) is 17.7 Å². The van der Waals surface area contributed by atoms with Crippen LogP contribution in [-0.4, -0.2) is 22.2 Å². The molecule has 23 heavy (non-hydrogen) atoms. The number of carbonyl (C=O) groups excluding carboxylic acids is 1. The third-order valence-corrected chi connectivity index (χ3v) is 4.61. The highest BCUT2D eigenvalue weighted by molar-refractivity contribution is 6.32. The van der Waals surface area contributed by atoms with E-state index < -0.39 is 6.55 Å². The van der Waals surface area contributed by atoms with Gasteiger partial charge in [-0.25, -0.2) is 4.68 Å². The van der Waals surface area contributed by atoms with Gasteiger partial charge in [-0.15, -0.1) is 0 Å². The predicted molar refractivity (Wildman–Crippen MR) is 84.2 cm³/mol. The first-order valence-corrected chi connectivity index (χ1v) is 7.68. The molecule has 1 aromatic carbocycles. The molecular formula is C16H16ClF2N3O. The standard InChI is InChI=1S/C16H16ClF2N3O/c1-9-12(10(2)22(20-9)16(18)19)8-15(23)21-7-6-11-13(17)4-3-5-14(11)21/h3-5,16H,6-8H2,1-2H3. The smallest absolute Gasteiger partial charge is 0.311 e. The second-order valence-corrected chi connectivity index (χ2v) is 5.99. The lowest BCUT2D eigenvalue weighted by Crippen LogP contribution is -2.30. The predicted octanol–water partition coefficient (Wildman–Crippen LogP) is 3.68. The van der Waals surface area contributed by atoms with Crippen LogP contribution in [0.5, 0.6) is 0 Å². The molecule has 0 saturated carbocycles. The highest BCUT2D eigenvalue weighted by Gasteiger charge is 2.28. The number of hydrogen-bond donors (Lipinski definition) is 0. The number of fused-ring (bicyclic) bond motifs is 1. The number of nitrogens with zero attached hydrogens (tertiary/aromatic N) is 3. The monoisotopic (exact) mass is 339 g/mol. The quantitative estimate of drug-likeness (QED) is 0.855. The molecule has 0 saturated heterocycles. The van der Waals surface area contributed by atoms with Crippen molar-refractivity contribution in [3.05, 3.63) is 45.7 Å². The summed E-state index contributed by atoms with van der Waals surface area (Å²) < 4.78 is 26.4. The molecule has 1 aliphatic heterocycles. The molecule has 0 spiro atoms. The summed E-state index contributed by atoms with van der Waals surface area (Å²) in [6, 6.07) is 5.46. The fraction of sp³-hybridized carbons (Fsp3) is 0.375. The first kappa shape index (κ1) is 15.9. The van der Waals surface area contributed by atoms with Crippen LogP contribution in [0.3, 0.4) is 0 Å². The summed E-state index contributed by atoms with van der Waals surface area (Å²) in [7, 11) is 0. The maximum Gasteiger partial charge on any atom is 0.333 e. The van der Waals surface area contributed by atoms with Crippen molar-refractivity contribution in [1.29, 1.82) is 0 Å². The summed E-state index contributed by atoms with van der Waals surface area (Å²) >= 11 is 6.15. The van der Waals surface area contributed by atoms with Crippen LogP contribution in [0.2, 0.25) is 5.02 Å². The zero-order chi connectivity index (χ0) is 16.7. The minimum Gasteiger partial charge on any atom is -0.311 e. The molecule has 0 fully saturated rings. The molecule has 2 aromatic rings. The molecule has 0 radical (unpaired) electrons. The number of halogens is 3. The Hall–Kier alpha value is -1.95. The van der Waals surface area contributed by atoms with E-state index in [0.29, 0.717) is 39.6 Å². The average Bonchev–Trinajstić information content (AvgIpc) is 3.04. The second-order valence-electron chi connectivity index (χ2n) is 5.58. The van der Waals surface area contributed by atoms with Crippen LogP contribution in [0.4, 0.5) is 14.5 Å². The minimum absolute atomic E-state index is 0.0519. The van der Waals surface area contributed by atoms with Crippen molar-refractivity contribution in [2.24, 2.45) is 0 Å². The molecule has 7 heteroatoms. The van der Waals surface area contributed by atoms with E-state index in [1.165, 1.54) is 0 Å². The van der Waals surface area contributed by atoms with Gasteiger partial charge in [0.25, 0.3) is 0 Å². The number of rotatable bonds is 3. The number of alkyl halides is 2. The summed E-state index contributed by atoms with van der Waals surface area (Å²) in [6.45, 7) is 1.05. The number of hydrogen-bond acceptors (Lipinski definition) is 2. The molecule has 3 rings (SSSR count). The summed E-state index contributed by atoms with van der Waals surface area (Å²) in [5.41, 5.74) is 3.11. The van der Waals surface area contributed by atoms with Gasteiger partial charge < -0.3 is 4.90 Å². The number of benzene rings is 1. The molecule has 0 bridgehead atoms. The SMILES string of the molecule is Cc1nn(C(F)F)c(C)c1CC(=O)N1CCc2c(Cl)cccc21. The third-order valence-electron chi connectivity index (χ3n) is 4.26. The molecule has 0 unspecified atom stereocenters. The maximum absolute atomic E-state index is 12.9. The van der Waals surface area contributed by atoms with E-state index >= 15 is 0 Å². The van der Waals surface area contributed by atoms with Crippen molar-refractivity contribution in [1.82, 2.24) is 9.78 Å². The highest BCUT2D eigenvalue weighted by Crippen LogP contribution is 2.34. The first-order chi connectivity index (χ1) is 10.9. The van der Waals surface area contributed by atoms with Gasteiger partial charge in [-0.3, -0.25) is 4.79 Å². The van der Waals surface area contributed by atoms with Gasteiger partial charge in [-0.2, -0.15) is 13.9 Å². The number of aryl methyl sites for hydroxylation is 1. The first-order valence-electron chi connectivity index (χ1n) is 7.30. The molecule has 0 aliphatic carbocycles. The van der Waals surface area contributed by atoms with Crippen molar-refractivity contribution in [3.63, 3.8) is 0 Å². The molecule has 1 aromatic heterocycles. The van der Waals surface area contributed by atoms with E-state index in [1.807, 2.05) is 6.07 Å². The Kier molecular flexibility index (Phi) is 4.10. The molecule has 2 heterocycles. The van der Waals surface area contributed by atoms with Crippen molar-refractivity contribution >= 4 is 23.2 Å². The molecule has 0 N–H and O–H groups in total. The summed E-state index contributed by atoms with van der Waals surface area (Å²) in [4.78, 5) is 14.3. The topological polar surface area (TPSA) is 38.1 Å². The lowest BCUT2D eigenvalue weighted by Gasteiger charge is -2.17. The summed E-state index contributed by atoms with van der Waals surface area (Å²) in [5.74, 6) is -0.133. The number of carbonyl (C=O) groups is 1. The van der Waals surface area contributed by atoms with Gasteiger partial charge in [0.05, 0.1) is 12.1 Å². The minimum atomic E-state index is -2.70. The highest BCUT2D eigenvalue weighted by atomic mass is 35.5. The largest absolute Gasteiger partial charge is 0.333 e. The lowest BCUT2D eigenvalue weighted by atomic mass is 10.1. The van der Waals surface area contributed by atoms with Gasteiger partial charge in [-0.05, 0) is 38.0 Å². The van der Waals surface area contributed by atoms with Crippen molar-refractivity contribution in [2.45, 2.75) is 33.2 Å². The molecule has 4 nitrogen and oxygen atoms in total. The van der Waals surface area contributed by atoms with E-state index in [2.05, 4.69) is 5.10 Å².